The Labute approximate surface area is 202 Å². The number of amides is 1. The van der Waals surface area contributed by atoms with Gasteiger partial charge in [0.05, 0.1) is 5.70 Å². The second-order valence-corrected chi connectivity index (χ2v) is 8.52. The quantitative estimate of drug-likeness (QED) is 0.370. The third-order valence-electron chi connectivity index (χ3n) is 5.29. The molecule has 0 radical (unpaired) electrons. The van der Waals surface area contributed by atoms with Crippen molar-refractivity contribution >= 4 is 40.5 Å². The molecule has 0 spiro atoms. The van der Waals surface area contributed by atoms with E-state index in [9.17, 15) is 22.4 Å². The van der Waals surface area contributed by atoms with Crippen LogP contribution in [0.25, 0.3) is 5.70 Å². The number of nitrogens with one attached hydrogen (secondary N) is 2. The average Bonchev–Trinajstić information content (AvgIpc) is 3.22. The monoisotopic (exact) mass is 510 g/mol. The van der Waals surface area contributed by atoms with Crippen molar-refractivity contribution in [1.29, 1.82) is 0 Å². The lowest BCUT2D eigenvalue weighted by Gasteiger charge is -2.28. The van der Waals surface area contributed by atoms with E-state index in [0.29, 0.717) is 16.8 Å². The van der Waals surface area contributed by atoms with Crippen LogP contribution >= 0.6 is 23.2 Å². The van der Waals surface area contributed by atoms with Gasteiger partial charge in [-0.3, -0.25) is 15.1 Å². The molecule has 0 fully saturated rings. The molecule has 1 aliphatic rings. The highest BCUT2D eigenvalue weighted by Crippen LogP contribution is 2.48. The van der Waals surface area contributed by atoms with Gasteiger partial charge < -0.3 is 5.32 Å². The Hall–Kier alpha value is -3.07. The summed E-state index contributed by atoms with van der Waals surface area (Å²) in [5.41, 5.74) is 0.842. The largest absolute Gasteiger partial charge is 0.428 e. The molecule has 0 saturated heterocycles. The van der Waals surface area contributed by atoms with Gasteiger partial charge in [-0.05, 0) is 67.1 Å². The van der Waals surface area contributed by atoms with Gasteiger partial charge in [-0.15, -0.1) is 0 Å². The van der Waals surface area contributed by atoms with Crippen LogP contribution in [0.15, 0.2) is 66.7 Å². The van der Waals surface area contributed by atoms with Crippen LogP contribution in [-0.2, 0) is 10.4 Å². The van der Waals surface area contributed by atoms with Gasteiger partial charge in [-0.25, -0.2) is 4.39 Å². The summed E-state index contributed by atoms with van der Waals surface area (Å²) < 4.78 is 55.7. The van der Waals surface area contributed by atoms with Crippen molar-refractivity contribution in [1.82, 2.24) is 5.48 Å². The maximum absolute atomic E-state index is 14.2. The van der Waals surface area contributed by atoms with E-state index in [-0.39, 0.29) is 26.9 Å². The Kier molecular flexibility index (Phi) is 6.33. The fourth-order valence-corrected chi connectivity index (χ4v) is 4.00. The van der Waals surface area contributed by atoms with Gasteiger partial charge in [0.1, 0.15) is 5.82 Å². The maximum Gasteiger partial charge on any atom is 0.428 e. The standard InChI is InChI=1S/C24H16Cl2F4N2O2/c1-13-2-3-15(8-20(13)31-22(33)14-4-6-19(27)7-5-14)21-12-23(34-32-21,24(28,29)30)16-9-17(25)11-18(26)10-16/h2-12,32H,1H3,(H,31,33). The van der Waals surface area contributed by atoms with Gasteiger partial charge in [0, 0.05) is 32.4 Å². The Morgan fingerprint density at radius 3 is 2.26 bits per heavy atom. The number of carbonyl (C=O) groups excluding carboxylic acids is 1. The predicted octanol–water partition coefficient (Wildman–Crippen LogP) is 7.03. The first-order valence-electron chi connectivity index (χ1n) is 9.87. The van der Waals surface area contributed by atoms with E-state index in [4.69, 9.17) is 28.0 Å². The highest BCUT2D eigenvalue weighted by Gasteiger charge is 2.59. The lowest BCUT2D eigenvalue weighted by Crippen LogP contribution is -2.42. The lowest BCUT2D eigenvalue weighted by atomic mass is 9.91. The second kappa shape index (κ2) is 8.94. The van der Waals surface area contributed by atoms with E-state index in [1.54, 1.807) is 19.1 Å². The Morgan fingerprint density at radius 2 is 1.65 bits per heavy atom. The number of halogens is 6. The Balaban J connectivity index is 1.70. The molecule has 0 saturated carbocycles. The highest BCUT2D eigenvalue weighted by molar-refractivity contribution is 6.34. The number of carbonyl (C=O) groups is 1. The molecule has 176 valence electrons. The number of hydrogen-bond donors (Lipinski definition) is 2. The molecule has 1 atom stereocenters. The van der Waals surface area contributed by atoms with Gasteiger partial charge in [-0.1, -0.05) is 35.3 Å². The summed E-state index contributed by atoms with van der Waals surface area (Å²) in [5.74, 6) is -0.980. The summed E-state index contributed by atoms with van der Waals surface area (Å²) >= 11 is 11.9. The topological polar surface area (TPSA) is 50.4 Å². The van der Waals surface area contributed by atoms with Crippen LogP contribution < -0.4 is 10.8 Å². The molecule has 3 aromatic carbocycles. The van der Waals surface area contributed by atoms with Crippen LogP contribution in [0.3, 0.4) is 0 Å². The first kappa shape index (κ1) is 24.1. The summed E-state index contributed by atoms with van der Waals surface area (Å²) in [6.07, 6.45) is -3.95. The smallest absolute Gasteiger partial charge is 0.322 e. The summed E-state index contributed by atoms with van der Waals surface area (Å²) in [4.78, 5) is 17.6. The number of hydrogen-bond acceptors (Lipinski definition) is 3. The number of rotatable bonds is 4. The van der Waals surface area contributed by atoms with E-state index in [2.05, 4.69) is 10.8 Å². The second-order valence-electron chi connectivity index (χ2n) is 7.64. The Bertz CT molecular complexity index is 1270. The van der Waals surface area contributed by atoms with Crippen LogP contribution in [0.2, 0.25) is 10.0 Å². The van der Waals surface area contributed by atoms with Crippen molar-refractivity contribution in [3.05, 3.63) is 105 Å². The maximum atomic E-state index is 14.2. The molecule has 0 aliphatic carbocycles. The number of benzene rings is 3. The van der Waals surface area contributed by atoms with Crippen LogP contribution in [0.4, 0.5) is 23.2 Å². The normalized spacial score (nSPS) is 17.8. The number of alkyl halides is 3. The number of anilines is 1. The van der Waals surface area contributed by atoms with Crippen LogP contribution in [0.5, 0.6) is 0 Å². The van der Waals surface area contributed by atoms with Gasteiger partial charge in [-0.2, -0.15) is 13.2 Å². The molecule has 1 amide bonds. The molecule has 2 N–H and O–H groups in total. The van der Waals surface area contributed by atoms with E-state index < -0.39 is 23.5 Å². The first-order chi connectivity index (χ1) is 16.0. The fraction of sp³-hybridized carbons (Fsp3) is 0.125. The molecule has 34 heavy (non-hydrogen) atoms. The Morgan fingerprint density at radius 1 is 1.00 bits per heavy atom. The van der Waals surface area contributed by atoms with Crippen LogP contribution in [0.1, 0.15) is 27.0 Å². The van der Waals surface area contributed by atoms with Gasteiger partial charge >= 0.3 is 6.18 Å². The predicted molar refractivity (Wildman–Crippen MR) is 122 cm³/mol. The highest BCUT2D eigenvalue weighted by atomic mass is 35.5. The molecule has 10 heteroatoms. The molecule has 1 unspecified atom stereocenters. The zero-order valence-electron chi connectivity index (χ0n) is 17.4. The molecular formula is C24H16Cl2F4N2O2. The summed E-state index contributed by atoms with van der Waals surface area (Å²) in [6.45, 7) is 1.73. The number of aryl methyl sites for hydroxylation is 1. The molecule has 0 aromatic heterocycles. The van der Waals surface area contributed by atoms with Crippen molar-refractivity contribution in [2.24, 2.45) is 0 Å². The van der Waals surface area contributed by atoms with E-state index in [1.165, 1.54) is 24.3 Å². The van der Waals surface area contributed by atoms with Crippen molar-refractivity contribution < 1.29 is 27.2 Å². The van der Waals surface area contributed by atoms with E-state index in [1.807, 2.05) is 0 Å². The minimum Gasteiger partial charge on any atom is -0.322 e. The van der Waals surface area contributed by atoms with Crippen molar-refractivity contribution in [3.63, 3.8) is 0 Å². The molecule has 1 heterocycles. The third-order valence-corrected chi connectivity index (χ3v) is 5.72. The van der Waals surface area contributed by atoms with Gasteiger partial charge in [0.2, 0.25) is 5.60 Å². The van der Waals surface area contributed by atoms with Gasteiger partial charge in [0.25, 0.3) is 5.91 Å². The van der Waals surface area contributed by atoms with Crippen LogP contribution in [-0.4, -0.2) is 12.1 Å². The lowest BCUT2D eigenvalue weighted by molar-refractivity contribution is -0.269. The molecule has 3 aromatic rings. The summed E-state index contributed by atoms with van der Waals surface area (Å²) in [7, 11) is 0. The molecule has 0 bridgehead atoms. The zero-order chi connectivity index (χ0) is 24.7. The fourth-order valence-electron chi connectivity index (χ4n) is 3.47. The van der Waals surface area contributed by atoms with Crippen molar-refractivity contribution in [2.75, 3.05) is 5.32 Å². The third kappa shape index (κ3) is 4.61. The minimum atomic E-state index is -4.85. The number of hydroxylamine groups is 1. The molecule has 1 aliphatic heterocycles. The van der Waals surface area contributed by atoms with Crippen LogP contribution in [0, 0.1) is 12.7 Å². The SMILES string of the molecule is Cc1ccc(C2=CC(c3cc(Cl)cc(Cl)c3)(C(F)(F)F)ON2)cc1NC(=O)c1ccc(F)cc1. The van der Waals surface area contributed by atoms with Crippen molar-refractivity contribution in [2.45, 2.75) is 18.7 Å². The molecule has 4 rings (SSSR count). The van der Waals surface area contributed by atoms with Gasteiger partial charge in [0.15, 0.2) is 0 Å². The minimum absolute atomic E-state index is 0.0257. The van der Waals surface area contributed by atoms with E-state index >= 15 is 0 Å². The molecule has 4 nitrogen and oxygen atoms in total. The van der Waals surface area contributed by atoms with Crippen molar-refractivity contribution in [3.8, 4) is 0 Å². The molecular weight excluding hydrogens is 495 g/mol. The summed E-state index contributed by atoms with van der Waals surface area (Å²) in [5, 5.41) is 2.74. The zero-order valence-corrected chi connectivity index (χ0v) is 18.9. The summed E-state index contributed by atoms with van der Waals surface area (Å²) in [6, 6.07) is 13.3. The first-order valence-corrected chi connectivity index (χ1v) is 10.6. The van der Waals surface area contributed by atoms with E-state index in [0.717, 1.165) is 30.3 Å². The average molecular weight is 511 g/mol.